The molecule has 0 saturated carbocycles. The molecule has 132 valence electrons. The standard InChI is InChI=1S/C23H19N3O/c1-16-21(23(27)25-15-17-11-13-24-14-12-17)19-9-5-6-10-20(19)26-22(16)18-7-3-2-4-8-18/h2-14H,15H2,1H3,(H,25,27). The Morgan fingerprint density at radius 1 is 0.926 bits per heavy atom. The molecule has 2 aromatic carbocycles. The summed E-state index contributed by atoms with van der Waals surface area (Å²) in [5.74, 6) is -0.0971. The molecule has 27 heavy (non-hydrogen) atoms. The Kier molecular flexibility index (Phi) is 4.62. The van der Waals surface area contributed by atoms with E-state index in [1.165, 1.54) is 0 Å². The quantitative estimate of drug-likeness (QED) is 0.586. The van der Waals surface area contributed by atoms with Gasteiger partial charge in [0.15, 0.2) is 0 Å². The van der Waals surface area contributed by atoms with Crippen molar-refractivity contribution in [2.24, 2.45) is 0 Å². The molecule has 2 aromatic heterocycles. The zero-order valence-electron chi connectivity index (χ0n) is 15.0. The summed E-state index contributed by atoms with van der Waals surface area (Å²) in [6.45, 7) is 2.42. The van der Waals surface area contributed by atoms with Crippen LogP contribution in [0.5, 0.6) is 0 Å². The fourth-order valence-electron chi connectivity index (χ4n) is 3.25. The average Bonchev–Trinajstić information content (AvgIpc) is 2.73. The smallest absolute Gasteiger partial charge is 0.252 e. The van der Waals surface area contributed by atoms with Gasteiger partial charge in [-0.3, -0.25) is 9.78 Å². The Labute approximate surface area is 157 Å². The molecule has 2 heterocycles. The van der Waals surface area contributed by atoms with Crippen LogP contribution < -0.4 is 5.32 Å². The minimum atomic E-state index is -0.0971. The van der Waals surface area contributed by atoms with E-state index < -0.39 is 0 Å². The number of aromatic nitrogens is 2. The summed E-state index contributed by atoms with van der Waals surface area (Å²) < 4.78 is 0. The van der Waals surface area contributed by atoms with Gasteiger partial charge in [0, 0.05) is 29.9 Å². The van der Waals surface area contributed by atoms with E-state index in [0.717, 1.165) is 33.3 Å². The largest absolute Gasteiger partial charge is 0.348 e. The summed E-state index contributed by atoms with van der Waals surface area (Å²) in [6, 6.07) is 21.5. The highest BCUT2D eigenvalue weighted by molar-refractivity contribution is 6.08. The van der Waals surface area contributed by atoms with Gasteiger partial charge in [-0.05, 0) is 36.2 Å². The molecule has 4 nitrogen and oxygen atoms in total. The van der Waals surface area contributed by atoms with Crippen molar-refractivity contribution >= 4 is 16.8 Å². The lowest BCUT2D eigenvalue weighted by Crippen LogP contribution is -2.24. The molecule has 1 amide bonds. The van der Waals surface area contributed by atoms with Crippen LogP contribution in [0.15, 0.2) is 79.1 Å². The average molecular weight is 353 g/mol. The van der Waals surface area contributed by atoms with E-state index in [-0.39, 0.29) is 5.91 Å². The van der Waals surface area contributed by atoms with Crippen molar-refractivity contribution in [3.05, 3.63) is 95.8 Å². The van der Waals surface area contributed by atoms with Crippen molar-refractivity contribution in [3.8, 4) is 11.3 Å². The van der Waals surface area contributed by atoms with Gasteiger partial charge in [0.25, 0.3) is 5.91 Å². The minimum absolute atomic E-state index is 0.0971. The van der Waals surface area contributed by atoms with E-state index in [4.69, 9.17) is 4.98 Å². The second-order valence-electron chi connectivity index (χ2n) is 6.38. The number of rotatable bonds is 4. The third kappa shape index (κ3) is 3.42. The highest BCUT2D eigenvalue weighted by Crippen LogP contribution is 2.29. The Morgan fingerprint density at radius 3 is 2.41 bits per heavy atom. The van der Waals surface area contributed by atoms with Crippen LogP contribution in [-0.4, -0.2) is 15.9 Å². The number of carbonyl (C=O) groups excluding carboxylic acids is 1. The number of amides is 1. The first kappa shape index (κ1) is 16.9. The summed E-state index contributed by atoms with van der Waals surface area (Å²) in [4.78, 5) is 21.9. The molecule has 0 aliphatic rings. The van der Waals surface area contributed by atoms with Gasteiger partial charge >= 0.3 is 0 Å². The van der Waals surface area contributed by atoms with E-state index in [2.05, 4.69) is 10.3 Å². The van der Waals surface area contributed by atoms with Crippen LogP contribution in [0, 0.1) is 6.92 Å². The Morgan fingerprint density at radius 2 is 1.63 bits per heavy atom. The number of fused-ring (bicyclic) bond motifs is 1. The van der Waals surface area contributed by atoms with Gasteiger partial charge in [-0.2, -0.15) is 0 Å². The first-order valence-electron chi connectivity index (χ1n) is 8.86. The first-order chi connectivity index (χ1) is 13.2. The SMILES string of the molecule is Cc1c(-c2ccccc2)nc2ccccc2c1C(=O)NCc1ccncc1. The molecule has 0 radical (unpaired) electrons. The van der Waals surface area contributed by atoms with Crippen LogP contribution in [0.25, 0.3) is 22.2 Å². The first-order valence-corrected chi connectivity index (χ1v) is 8.86. The second-order valence-corrected chi connectivity index (χ2v) is 6.38. The zero-order valence-corrected chi connectivity index (χ0v) is 15.0. The predicted octanol–water partition coefficient (Wildman–Crippen LogP) is 4.54. The maximum Gasteiger partial charge on any atom is 0.252 e. The van der Waals surface area contributed by atoms with Crippen LogP contribution in [-0.2, 0) is 6.54 Å². The van der Waals surface area contributed by atoms with Crippen LogP contribution in [0.2, 0.25) is 0 Å². The number of hydrogen-bond acceptors (Lipinski definition) is 3. The van der Waals surface area contributed by atoms with E-state index in [0.29, 0.717) is 12.1 Å². The van der Waals surface area contributed by atoms with Crippen LogP contribution in [0.1, 0.15) is 21.5 Å². The van der Waals surface area contributed by atoms with Gasteiger partial charge in [-0.1, -0.05) is 48.5 Å². The molecule has 4 heteroatoms. The maximum absolute atomic E-state index is 13.1. The molecular weight excluding hydrogens is 334 g/mol. The fraction of sp³-hybridized carbons (Fsp3) is 0.0870. The molecule has 0 fully saturated rings. The normalized spacial score (nSPS) is 10.7. The molecule has 0 saturated heterocycles. The van der Waals surface area contributed by atoms with Gasteiger partial charge in [0.2, 0.25) is 0 Å². The van der Waals surface area contributed by atoms with Gasteiger partial charge in [-0.25, -0.2) is 4.98 Å². The second kappa shape index (κ2) is 7.38. The molecule has 0 aliphatic carbocycles. The lowest BCUT2D eigenvalue weighted by molar-refractivity contribution is 0.0952. The lowest BCUT2D eigenvalue weighted by Gasteiger charge is -2.15. The van der Waals surface area contributed by atoms with Crippen molar-refractivity contribution in [1.82, 2.24) is 15.3 Å². The Bertz CT molecular complexity index is 1090. The van der Waals surface area contributed by atoms with Crippen molar-refractivity contribution in [3.63, 3.8) is 0 Å². The number of carbonyl (C=O) groups is 1. The van der Waals surface area contributed by atoms with Crippen LogP contribution in [0.3, 0.4) is 0 Å². The third-order valence-electron chi connectivity index (χ3n) is 4.61. The number of para-hydroxylation sites is 1. The molecule has 0 bridgehead atoms. The highest BCUT2D eigenvalue weighted by Gasteiger charge is 2.18. The number of nitrogens with zero attached hydrogens (tertiary/aromatic N) is 2. The Balaban J connectivity index is 1.78. The number of pyridine rings is 2. The number of hydrogen-bond donors (Lipinski definition) is 1. The predicted molar refractivity (Wildman–Crippen MR) is 107 cm³/mol. The monoisotopic (exact) mass is 353 g/mol. The number of nitrogens with one attached hydrogen (secondary N) is 1. The van der Waals surface area contributed by atoms with Crippen molar-refractivity contribution in [2.75, 3.05) is 0 Å². The summed E-state index contributed by atoms with van der Waals surface area (Å²) in [7, 11) is 0. The van der Waals surface area contributed by atoms with E-state index in [9.17, 15) is 4.79 Å². The van der Waals surface area contributed by atoms with Crippen LogP contribution >= 0.6 is 0 Å². The van der Waals surface area contributed by atoms with Gasteiger partial charge in [0.05, 0.1) is 16.8 Å². The topological polar surface area (TPSA) is 54.9 Å². The summed E-state index contributed by atoms with van der Waals surface area (Å²) in [6.07, 6.45) is 3.45. The molecule has 0 unspecified atom stereocenters. The van der Waals surface area contributed by atoms with Gasteiger partial charge in [0.1, 0.15) is 0 Å². The molecule has 0 aliphatic heterocycles. The molecule has 4 aromatic rings. The van der Waals surface area contributed by atoms with E-state index in [1.807, 2.05) is 73.7 Å². The molecule has 4 rings (SSSR count). The van der Waals surface area contributed by atoms with Crippen LogP contribution in [0.4, 0.5) is 0 Å². The molecule has 0 spiro atoms. The van der Waals surface area contributed by atoms with Gasteiger partial charge < -0.3 is 5.32 Å². The molecule has 1 N–H and O–H groups in total. The lowest BCUT2D eigenvalue weighted by atomic mass is 9.97. The summed E-state index contributed by atoms with van der Waals surface area (Å²) >= 11 is 0. The fourth-order valence-corrected chi connectivity index (χ4v) is 3.25. The maximum atomic E-state index is 13.1. The summed E-state index contributed by atoms with van der Waals surface area (Å²) in [5.41, 5.74) is 5.22. The van der Waals surface area contributed by atoms with Crippen molar-refractivity contribution in [2.45, 2.75) is 13.5 Å². The van der Waals surface area contributed by atoms with Crippen molar-refractivity contribution < 1.29 is 4.79 Å². The van der Waals surface area contributed by atoms with E-state index >= 15 is 0 Å². The van der Waals surface area contributed by atoms with E-state index in [1.54, 1.807) is 12.4 Å². The molecule has 0 atom stereocenters. The zero-order chi connectivity index (χ0) is 18.6. The van der Waals surface area contributed by atoms with Crippen molar-refractivity contribution in [1.29, 1.82) is 0 Å². The summed E-state index contributed by atoms with van der Waals surface area (Å²) in [5, 5.41) is 3.90. The third-order valence-corrected chi connectivity index (χ3v) is 4.61. The Hall–Kier alpha value is -3.53. The van der Waals surface area contributed by atoms with Gasteiger partial charge in [-0.15, -0.1) is 0 Å². The highest BCUT2D eigenvalue weighted by atomic mass is 16.1. The minimum Gasteiger partial charge on any atom is -0.348 e. The number of benzene rings is 2. The molecular formula is C23H19N3O.